The van der Waals surface area contributed by atoms with Gasteiger partial charge >= 0.3 is 0 Å². The second kappa shape index (κ2) is 3.73. The van der Waals surface area contributed by atoms with E-state index in [0.29, 0.717) is 5.92 Å². The van der Waals surface area contributed by atoms with E-state index in [0.717, 1.165) is 25.7 Å². The molecule has 2 N–H and O–H groups in total. The van der Waals surface area contributed by atoms with Gasteiger partial charge in [0, 0.05) is 5.54 Å². The lowest BCUT2D eigenvalue weighted by Crippen LogP contribution is -2.26. The maximum absolute atomic E-state index is 12.5. The summed E-state index contributed by atoms with van der Waals surface area (Å²) < 4.78 is 12.5. The van der Waals surface area contributed by atoms with Gasteiger partial charge in [-0.05, 0) is 37.5 Å². The van der Waals surface area contributed by atoms with E-state index in [4.69, 9.17) is 5.73 Å². The summed E-state index contributed by atoms with van der Waals surface area (Å²) in [6.07, 6.45) is 4.07. The molecule has 1 aliphatic carbocycles. The number of rotatable bonds is 5. The van der Waals surface area contributed by atoms with Crippen molar-refractivity contribution in [1.29, 1.82) is 0 Å². The van der Waals surface area contributed by atoms with Crippen LogP contribution in [0.25, 0.3) is 0 Å². The van der Waals surface area contributed by atoms with Crippen molar-refractivity contribution < 1.29 is 4.39 Å². The van der Waals surface area contributed by atoms with Gasteiger partial charge in [0.15, 0.2) is 0 Å². The molecule has 0 saturated heterocycles. The van der Waals surface area contributed by atoms with Crippen LogP contribution in [0.1, 0.15) is 39.5 Å². The summed E-state index contributed by atoms with van der Waals surface area (Å²) in [6.45, 7) is 4.08. The number of nitrogens with two attached hydrogens (primary N) is 1. The Morgan fingerprint density at radius 1 is 1.42 bits per heavy atom. The summed E-state index contributed by atoms with van der Waals surface area (Å²) in [5.74, 6) is 0.797. The van der Waals surface area contributed by atoms with Crippen molar-refractivity contribution in [1.82, 2.24) is 0 Å². The molecular weight excluding hydrogens is 153 g/mol. The summed E-state index contributed by atoms with van der Waals surface area (Å²) >= 11 is 0. The maximum atomic E-state index is 12.5. The second-order valence-electron chi connectivity index (χ2n) is 4.72. The molecule has 0 bridgehead atoms. The predicted molar refractivity (Wildman–Crippen MR) is 49.7 cm³/mol. The highest BCUT2D eigenvalue weighted by molar-refractivity contribution is 4.99. The van der Waals surface area contributed by atoms with Crippen LogP contribution < -0.4 is 5.73 Å². The van der Waals surface area contributed by atoms with Gasteiger partial charge in [0.1, 0.15) is 0 Å². The molecule has 12 heavy (non-hydrogen) atoms. The zero-order valence-electron chi connectivity index (χ0n) is 8.15. The van der Waals surface area contributed by atoms with Crippen LogP contribution in [0, 0.1) is 11.8 Å². The van der Waals surface area contributed by atoms with Crippen LogP contribution in [0.15, 0.2) is 0 Å². The smallest absolute Gasteiger partial charge is 0.0923 e. The molecule has 2 heteroatoms. The Hall–Kier alpha value is -0.110. The molecule has 0 amide bonds. The number of hydrogen-bond acceptors (Lipinski definition) is 1. The Kier molecular flexibility index (Phi) is 3.10. The van der Waals surface area contributed by atoms with Gasteiger partial charge in [-0.25, -0.2) is 0 Å². The fourth-order valence-corrected chi connectivity index (χ4v) is 1.81. The van der Waals surface area contributed by atoms with Crippen molar-refractivity contribution >= 4 is 0 Å². The van der Waals surface area contributed by atoms with E-state index in [1.807, 2.05) is 0 Å². The average Bonchev–Trinajstić information content (AvgIpc) is 2.66. The predicted octanol–water partition coefficient (Wildman–Crippen LogP) is 2.50. The first kappa shape index (κ1) is 9.97. The average molecular weight is 173 g/mol. The van der Waals surface area contributed by atoms with E-state index >= 15 is 0 Å². The monoisotopic (exact) mass is 173 g/mol. The quantitative estimate of drug-likeness (QED) is 0.679. The fraction of sp³-hybridized carbons (Fsp3) is 1.00. The van der Waals surface area contributed by atoms with E-state index in [1.54, 1.807) is 0 Å². The second-order valence-corrected chi connectivity index (χ2v) is 4.72. The Morgan fingerprint density at radius 3 is 2.33 bits per heavy atom. The highest BCUT2D eigenvalue weighted by Crippen LogP contribution is 2.39. The number of hydrogen-bond donors (Lipinski definition) is 1. The van der Waals surface area contributed by atoms with Crippen LogP contribution in [0.5, 0.6) is 0 Å². The third kappa shape index (κ3) is 3.10. The lowest BCUT2D eigenvalue weighted by molar-refractivity contribution is 0.276. The van der Waals surface area contributed by atoms with Crippen LogP contribution in [0.3, 0.4) is 0 Å². The maximum Gasteiger partial charge on any atom is 0.0923 e. The summed E-state index contributed by atoms with van der Waals surface area (Å²) in [6, 6.07) is 0. The van der Waals surface area contributed by atoms with E-state index in [-0.39, 0.29) is 18.1 Å². The first-order chi connectivity index (χ1) is 5.56. The standard InChI is InChI=1S/C10H20FN/c1-8(2)5-9(7-11)6-10(12)3-4-10/h8-9H,3-7,12H2,1-2H3. The van der Waals surface area contributed by atoms with Crippen molar-refractivity contribution in [3.63, 3.8) is 0 Å². The largest absolute Gasteiger partial charge is 0.325 e. The lowest BCUT2D eigenvalue weighted by atomic mass is 9.91. The Balaban J connectivity index is 2.25. The normalized spacial score (nSPS) is 22.8. The van der Waals surface area contributed by atoms with E-state index in [1.165, 1.54) is 0 Å². The molecule has 72 valence electrons. The van der Waals surface area contributed by atoms with E-state index in [2.05, 4.69) is 13.8 Å². The van der Waals surface area contributed by atoms with Gasteiger partial charge in [0.2, 0.25) is 0 Å². The number of halogens is 1. The van der Waals surface area contributed by atoms with Crippen LogP contribution in [-0.2, 0) is 0 Å². The van der Waals surface area contributed by atoms with Crippen molar-refractivity contribution in [3.8, 4) is 0 Å². The Morgan fingerprint density at radius 2 is 2.00 bits per heavy atom. The van der Waals surface area contributed by atoms with Gasteiger partial charge < -0.3 is 5.73 Å². The summed E-state index contributed by atoms with van der Waals surface area (Å²) in [4.78, 5) is 0. The van der Waals surface area contributed by atoms with E-state index < -0.39 is 0 Å². The number of alkyl halides is 1. The molecule has 1 nitrogen and oxygen atoms in total. The summed E-state index contributed by atoms with van der Waals surface area (Å²) in [5.41, 5.74) is 5.95. The zero-order valence-corrected chi connectivity index (χ0v) is 8.15. The molecule has 1 aliphatic rings. The highest BCUT2D eigenvalue weighted by Gasteiger charge is 2.39. The van der Waals surface area contributed by atoms with Crippen molar-refractivity contribution in [3.05, 3.63) is 0 Å². The molecule has 0 aromatic heterocycles. The SMILES string of the molecule is CC(C)CC(CF)CC1(N)CC1. The van der Waals surface area contributed by atoms with E-state index in [9.17, 15) is 4.39 Å². The Labute approximate surface area is 74.5 Å². The molecule has 0 heterocycles. The molecule has 1 atom stereocenters. The molecule has 0 aromatic carbocycles. The first-order valence-electron chi connectivity index (χ1n) is 4.90. The molecule has 1 saturated carbocycles. The van der Waals surface area contributed by atoms with Crippen LogP contribution in [0.2, 0.25) is 0 Å². The van der Waals surface area contributed by atoms with Crippen LogP contribution >= 0.6 is 0 Å². The molecule has 0 radical (unpaired) electrons. The summed E-state index contributed by atoms with van der Waals surface area (Å²) in [5, 5.41) is 0. The third-order valence-corrected chi connectivity index (χ3v) is 2.61. The van der Waals surface area contributed by atoms with Crippen LogP contribution in [-0.4, -0.2) is 12.2 Å². The molecule has 1 unspecified atom stereocenters. The lowest BCUT2D eigenvalue weighted by Gasteiger charge is -2.19. The molecule has 0 aromatic rings. The van der Waals surface area contributed by atoms with Gasteiger partial charge in [0.25, 0.3) is 0 Å². The molecule has 0 aliphatic heterocycles. The molecule has 1 rings (SSSR count). The highest BCUT2D eigenvalue weighted by atomic mass is 19.1. The first-order valence-corrected chi connectivity index (χ1v) is 4.90. The molecule has 1 fully saturated rings. The minimum Gasteiger partial charge on any atom is -0.325 e. The van der Waals surface area contributed by atoms with Crippen molar-refractivity contribution in [2.45, 2.75) is 45.1 Å². The zero-order chi connectivity index (χ0) is 9.19. The van der Waals surface area contributed by atoms with Gasteiger partial charge in [0.05, 0.1) is 6.67 Å². The van der Waals surface area contributed by atoms with Gasteiger partial charge in [-0.2, -0.15) is 0 Å². The van der Waals surface area contributed by atoms with Crippen molar-refractivity contribution in [2.75, 3.05) is 6.67 Å². The topological polar surface area (TPSA) is 26.0 Å². The molecular formula is C10H20FN. The van der Waals surface area contributed by atoms with Gasteiger partial charge in [-0.1, -0.05) is 13.8 Å². The van der Waals surface area contributed by atoms with Crippen LogP contribution in [0.4, 0.5) is 4.39 Å². The third-order valence-electron chi connectivity index (χ3n) is 2.61. The van der Waals surface area contributed by atoms with Gasteiger partial charge in [-0.15, -0.1) is 0 Å². The minimum atomic E-state index is -0.197. The van der Waals surface area contributed by atoms with Gasteiger partial charge in [-0.3, -0.25) is 4.39 Å². The molecule has 0 spiro atoms. The Bertz CT molecular complexity index is 141. The minimum absolute atomic E-state index is 0.0195. The summed E-state index contributed by atoms with van der Waals surface area (Å²) in [7, 11) is 0. The van der Waals surface area contributed by atoms with Crippen molar-refractivity contribution in [2.24, 2.45) is 17.6 Å². The fourth-order valence-electron chi connectivity index (χ4n) is 1.81.